The summed E-state index contributed by atoms with van der Waals surface area (Å²) in [5.74, 6) is 0.139. The van der Waals surface area contributed by atoms with Gasteiger partial charge >= 0.3 is 5.97 Å². The topological polar surface area (TPSA) is 125 Å². The van der Waals surface area contributed by atoms with Gasteiger partial charge in [0, 0.05) is 5.75 Å². The van der Waals surface area contributed by atoms with Gasteiger partial charge in [0.2, 0.25) is 11.9 Å². The monoisotopic (exact) mass is 468 g/mol. The van der Waals surface area contributed by atoms with Gasteiger partial charge in [-0.25, -0.2) is 9.78 Å². The zero-order valence-electron chi connectivity index (χ0n) is 17.1. The normalized spacial score (nSPS) is 10.9. The fourth-order valence-electron chi connectivity index (χ4n) is 2.90. The maximum absolute atomic E-state index is 12.6. The maximum atomic E-state index is 12.6. The van der Waals surface area contributed by atoms with E-state index in [4.69, 9.17) is 10.5 Å². The molecule has 4 aromatic rings. The lowest BCUT2D eigenvalue weighted by atomic mass is 10.2. The highest BCUT2D eigenvalue weighted by atomic mass is 32.2. The van der Waals surface area contributed by atoms with Gasteiger partial charge < -0.3 is 15.8 Å². The molecule has 0 fully saturated rings. The summed E-state index contributed by atoms with van der Waals surface area (Å²) in [6, 6.07) is 15.0. The van der Waals surface area contributed by atoms with Crippen LogP contribution in [0.15, 0.2) is 53.7 Å². The molecule has 2 heterocycles. The first-order valence-electron chi connectivity index (χ1n) is 9.76. The van der Waals surface area contributed by atoms with Crippen LogP contribution in [0.5, 0.6) is 0 Å². The minimum Gasteiger partial charge on any atom is -0.462 e. The van der Waals surface area contributed by atoms with Gasteiger partial charge in [-0.3, -0.25) is 9.36 Å². The molecular weight excluding hydrogens is 448 g/mol. The summed E-state index contributed by atoms with van der Waals surface area (Å²) in [5, 5.41) is 11.7. The Bertz CT molecular complexity index is 1260. The summed E-state index contributed by atoms with van der Waals surface area (Å²) in [5.41, 5.74) is 8.08. The van der Waals surface area contributed by atoms with Crippen molar-refractivity contribution < 1.29 is 14.3 Å². The molecule has 164 valence electrons. The molecule has 0 bridgehead atoms. The van der Waals surface area contributed by atoms with E-state index in [-0.39, 0.29) is 18.4 Å². The molecule has 0 radical (unpaired) electrons. The van der Waals surface area contributed by atoms with Gasteiger partial charge in [-0.1, -0.05) is 53.4 Å². The average molecular weight is 469 g/mol. The van der Waals surface area contributed by atoms with E-state index in [0.29, 0.717) is 33.7 Å². The van der Waals surface area contributed by atoms with Gasteiger partial charge in [-0.15, -0.1) is 10.2 Å². The van der Waals surface area contributed by atoms with Gasteiger partial charge in [0.15, 0.2) is 10.3 Å². The average Bonchev–Trinajstić information content (AvgIpc) is 3.35. The Morgan fingerprint density at radius 2 is 2.00 bits per heavy atom. The zero-order chi connectivity index (χ0) is 22.5. The number of ether oxygens (including phenoxy) is 1. The third-order valence-electron chi connectivity index (χ3n) is 4.40. The van der Waals surface area contributed by atoms with Crippen molar-refractivity contribution in [3.63, 3.8) is 0 Å². The minimum absolute atomic E-state index is 0.0417. The lowest BCUT2D eigenvalue weighted by molar-refractivity contribution is -0.116. The molecule has 3 N–H and O–H groups in total. The van der Waals surface area contributed by atoms with Crippen molar-refractivity contribution in [2.75, 3.05) is 17.7 Å². The van der Waals surface area contributed by atoms with Crippen molar-refractivity contribution in [2.45, 2.75) is 24.4 Å². The first-order valence-corrected chi connectivity index (χ1v) is 11.6. The summed E-state index contributed by atoms with van der Waals surface area (Å²) in [6.45, 7) is 2.01. The summed E-state index contributed by atoms with van der Waals surface area (Å²) >= 11 is 2.77. The van der Waals surface area contributed by atoms with E-state index in [1.807, 2.05) is 30.3 Å². The Morgan fingerprint density at radius 3 is 2.78 bits per heavy atom. The second kappa shape index (κ2) is 9.79. The van der Waals surface area contributed by atoms with Crippen LogP contribution >= 0.6 is 23.1 Å². The summed E-state index contributed by atoms with van der Waals surface area (Å²) < 4.78 is 7.42. The van der Waals surface area contributed by atoms with Crippen molar-refractivity contribution in [1.29, 1.82) is 0 Å². The molecule has 4 rings (SSSR count). The van der Waals surface area contributed by atoms with Crippen molar-refractivity contribution in [3.05, 3.63) is 59.7 Å². The molecule has 11 heteroatoms. The standard InChI is InChI=1S/C21H20N6O3S2/c1-2-30-18(29)14-8-9-16-15(10-14)23-20(32-16)24-17(28)11-27-19(22)25-26-21(27)31-12-13-6-4-3-5-7-13/h3-10H,2,11-12H2,1H3,(H2,22,25)(H,23,24,28). The van der Waals surface area contributed by atoms with Crippen LogP contribution in [0.4, 0.5) is 11.1 Å². The smallest absolute Gasteiger partial charge is 0.338 e. The predicted molar refractivity (Wildman–Crippen MR) is 125 cm³/mol. The van der Waals surface area contributed by atoms with E-state index in [9.17, 15) is 9.59 Å². The second-order valence-electron chi connectivity index (χ2n) is 6.67. The highest BCUT2D eigenvalue weighted by Crippen LogP contribution is 2.27. The quantitative estimate of drug-likeness (QED) is 0.297. The molecular formula is C21H20N6O3S2. The summed E-state index contributed by atoms with van der Waals surface area (Å²) in [4.78, 5) is 29.0. The number of thiazole rings is 1. The number of nitrogens with zero attached hydrogens (tertiary/aromatic N) is 4. The Hall–Kier alpha value is -3.44. The minimum atomic E-state index is -0.406. The van der Waals surface area contributed by atoms with Crippen LogP contribution in [-0.4, -0.2) is 38.2 Å². The van der Waals surface area contributed by atoms with Gasteiger partial charge in [-0.2, -0.15) is 0 Å². The van der Waals surface area contributed by atoms with E-state index < -0.39 is 5.97 Å². The third-order valence-corrected chi connectivity index (χ3v) is 6.39. The van der Waals surface area contributed by atoms with E-state index in [1.54, 1.807) is 29.7 Å². The molecule has 32 heavy (non-hydrogen) atoms. The SMILES string of the molecule is CCOC(=O)c1ccc2sc(NC(=O)Cn3c(N)nnc3SCc3ccccc3)nc2c1. The fourth-order valence-corrected chi connectivity index (χ4v) is 4.67. The molecule has 0 aliphatic carbocycles. The molecule has 1 amide bonds. The maximum Gasteiger partial charge on any atom is 0.338 e. The number of nitrogen functional groups attached to an aromatic ring is 1. The van der Waals surface area contributed by atoms with E-state index in [0.717, 1.165) is 10.3 Å². The van der Waals surface area contributed by atoms with Gasteiger partial charge in [0.1, 0.15) is 6.54 Å². The largest absolute Gasteiger partial charge is 0.462 e. The van der Waals surface area contributed by atoms with E-state index in [2.05, 4.69) is 20.5 Å². The number of anilines is 2. The Kier molecular flexibility index (Phi) is 6.66. The van der Waals surface area contributed by atoms with Crippen LogP contribution in [-0.2, 0) is 21.8 Å². The Balaban J connectivity index is 1.43. The van der Waals surface area contributed by atoms with Gasteiger partial charge in [0.25, 0.3) is 0 Å². The number of rotatable bonds is 8. The summed E-state index contributed by atoms with van der Waals surface area (Å²) in [6.07, 6.45) is 0. The molecule has 0 atom stereocenters. The number of esters is 1. The van der Waals surface area contributed by atoms with Crippen LogP contribution < -0.4 is 11.1 Å². The zero-order valence-corrected chi connectivity index (χ0v) is 18.8. The Morgan fingerprint density at radius 1 is 1.19 bits per heavy atom. The van der Waals surface area contributed by atoms with E-state index >= 15 is 0 Å². The first kappa shape index (κ1) is 21.8. The van der Waals surface area contributed by atoms with Crippen molar-refractivity contribution in [1.82, 2.24) is 19.7 Å². The Labute approximate surface area is 192 Å². The number of hydrogen-bond donors (Lipinski definition) is 2. The molecule has 0 aliphatic heterocycles. The van der Waals surface area contributed by atoms with Crippen LogP contribution in [0.25, 0.3) is 10.2 Å². The van der Waals surface area contributed by atoms with Gasteiger partial charge in [0.05, 0.1) is 22.4 Å². The number of benzene rings is 2. The number of nitrogens with two attached hydrogens (primary N) is 1. The molecule has 0 saturated carbocycles. The van der Waals surface area contributed by atoms with Crippen LogP contribution in [0.3, 0.4) is 0 Å². The number of thioether (sulfide) groups is 1. The number of fused-ring (bicyclic) bond motifs is 1. The fraction of sp³-hybridized carbons (Fsp3) is 0.190. The van der Waals surface area contributed by atoms with Gasteiger partial charge in [-0.05, 0) is 30.7 Å². The number of hydrogen-bond acceptors (Lipinski definition) is 9. The molecule has 2 aromatic carbocycles. The molecule has 0 spiro atoms. The van der Waals surface area contributed by atoms with Crippen LogP contribution in [0.1, 0.15) is 22.8 Å². The number of carbonyl (C=O) groups is 2. The molecule has 9 nitrogen and oxygen atoms in total. The number of carbonyl (C=O) groups excluding carboxylic acids is 2. The van der Waals surface area contributed by atoms with E-state index in [1.165, 1.54) is 23.1 Å². The highest BCUT2D eigenvalue weighted by molar-refractivity contribution is 7.98. The van der Waals surface area contributed by atoms with Crippen molar-refractivity contribution in [2.24, 2.45) is 0 Å². The number of amides is 1. The van der Waals surface area contributed by atoms with Crippen LogP contribution in [0, 0.1) is 0 Å². The van der Waals surface area contributed by atoms with Crippen molar-refractivity contribution in [3.8, 4) is 0 Å². The third kappa shape index (κ3) is 5.06. The molecule has 2 aromatic heterocycles. The molecule has 0 saturated heterocycles. The number of nitrogens with one attached hydrogen (secondary N) is 1. The number of aromatic nitrogens is 4. The predicted octanol–water partition coefficient (Wildman–Crippen LogP) is 3.58. The summed E-state index contributed by atoms with van der Waals surface area (Å²) in [7, 11) is 0. The molecule has 0 unspecified atom stereocenters. The highest BCUT2D eigenvalue weighted by Gasteiger charge is 2.16. The van der Waals surface area contributed by atoms with Crippen molar-refractivity contribution >= 4 is 56.3 Å². The lowest BCUT2D eigenvalue weighted by Gasteiger charge is -2.07. The first-order chi connectivity index (χ1) is 15.5. The van der Waals surface area contributed by atoms with Crippen LogP contribution in [0.2, 0.25) is 0 Å². The second-order valence-corrected chi connectivity index (χ2v) is 8.64. The molecule has 0 aliphatic rings. The lowest BCUT2D eigenvalue weighted by Crippen LogP contribution is -2.20.